The van der Waals surface area contributed by atoms with E-state index in [-0.39, 0.29) is 29.0 Å². The summed E-state index contributed by atoms with van der Waals surface area (Å²) in [6, 6.07) is 5.49. The zero-order valence-electron chi connectivity index (χ0n) is 7.45. The average Bonchev–Trinajstić information content (AvgIpc) is 2.12. The highest BCUT2D eigenvalue weighted by atomic mass is 32.2. The molecular weight excluding hydrogens is 229 g/mol. The quantitative estimate of drug-likeness (QED) is 0.594. The SMILES string of the molecule is O=CCOc1cccc(SC(F)(F)F)c1. The first-order valence-electron chi connectivity index (χ1n) is 3.93. The van der Waals surface area contributed by atoms with Crippen LogP contribution in [0.2, 0.25) is 0 Å². The summed E-state index contributed by atoms with van der Waals surface area (Å²) < 4.78 is 40.8. The summed E-state index contributed by atoms with van der Waals surface area (Å²) in [6.07, 6.45) is 0.531. The van der Waals surface area contributed by atoms with Crippen molar-refractivity contribution in [3.63, 3.8) is 0 Å². The molecule has 0 saturated heterocycles. The van der Waals surface area contributed by atoms with E-state index in [2.05, 4.69) is 0 Å². The topological polar surface area (TPSA) is 26.3 Å². The number of rotatable bonds is 4. The van der Waals surface area contributed by atoms with E-state index in [1.807, 2.05) is 0 Å². The molecule has 0 aromatic heterocycles. The summed E-state index contributed by atoms with van der Waals surface area (Å²) in [4.78, 5) is 10.0. The fraction of sp³-hybridized carbons (Fsp3) is 0.222. The number of carbonyl (C=O) groups excluding carboxylic acids is 1. The second-order valence-corrected chi connectivity index (χ2v) is 3.64. The zero-order valence-corrected chi connectivity index (χ0v) is 8.27. The van der Waals surface area contributed by atoms with Crippen LogP contribution in [0.5, 0.6) is 5.75 Å². The van der Waals surface area contributed by atoms with Gasteiger partial charge in [-0.2, -0.15) is 13.2 Å². The van der Waals surface area contributed by atoms with Crippen LogP contribution in [-0.2, 0) is 4.79 Å². The van der Waals surface area contributed by atoms with Crippen LogP contribution in [0.25, 0.3) is 0 Å². The van der Waals surface area contributed by atoms with Crippen molar-refractivity contribution >= 4 is 18.0 Å². The van der Waals surface area contributed by atoms with Gasteiger partial charge in [-0.05, 0) is 30.0 Å². The molecule has 0 saturated carbocycles. The molecule has 0 spiro atoms. The Kier molecular flexibility index (Phi) is 4.02. The lowest BCUT2D eigenvalue weighted by molar-refractivity contribution is -0.109. The van der Waals surface area contributed by atoms with Crippen LogP contribution < -0.4 is 4.74 Å². The third-order valence-electron chi connectivity index (χ3n) is 1.36. The summed E-state index contributed by atoms with van der Waals surface area (Å²) in [5, 5.41) is 0. The molecule has 0 atom stereocenters. The van der Waals surface area contributed by atoms with Crippen molar-refractivity contribution in [3.8, 4) is 5.75 Å². The minimum atomic E-state index is -4.32. The summed E-state index contributed by atoms with van der Waals surface area (Å²) >= 11 is -0.220. The van der Waals surface area contributed by atoms with Crippen molar-refractivity contribution < 1.29 is 22.7 Å². The highest BCUT2D eigenvalue weighted by Crippen LogP contribution is 2.37. The van der Waals surface area contributed by atoms with E-state index in [1.54, 1.807) is 0 Å². The van der Waals surface area contributed by atoms with Gasteiger partial charge in [0.25, 0.3) is 0 Å². The van der Waals surface area contributed by atoms with E-state index in [0.29, 0.717) is 6.29 Å². The van der Waals surface area contributed by atoms with E-state index in [0.717, 1.165) is 0 Å². The number of hydrogen-bond acceptors (Lipinski definition) is 3. The third kappa shape index (κ3) is 4.73. The molecule has 0 bridgehead atoms. The van der Waals surface area contributed by atoms with E-state index >= 15 is 0 Å². The number of benzene rings is 1. The predicted octanol–water partition coefficient (Wildman–Crippen LogP) is 2.88. The molecule has 1 rings (SSSR count). The van der Waals surface area contributed by atoms with Crippen molar-refractivity contribution in [3.05, 3.63) is 24.3 Å². The summed E-state index contributed by atoms with van der Waals surface area (Å²) in [7, 11) is 0. The number of hydrogen-bond donors (Lipinski definition) is 0. The fourth-order valence-corrected chi connectivity index (χ4v) is 1.48. The lowest BCUT2D eigenvalue weighted by Crippen LogP contribution is -2.00. The second kappa shape index (κ2) is 5.06. The smallest absolute Gasteiger partial charge is 0.446 e. The molecule has 0 heterocycles. The van der Waals surface area contributed by atoms with Gasteiger partial charge in [-0.25, -0.2) is 0 Å². The van der Waals surface area contributed by atoms with E-state index in [1.165, 1.54) is 24.3 Å². The maximum absolute atomic E-state index is 12.0. The van der Waals surface area contributed by atoms with Crippen LogP contribution in [0.3, 0.4) is 0 Å². The maximum Gasteiger partial charge on any atom is 0.446 e. The molecule has 15 heavy (non-hydrogen) atoms. The van der Waals surface area contributed by atoms with Crippen LogP contribution in [0.1, 0.15) is 0 Å². The average molecular weight is 236 g/mol. The maximum atomic E-state index is 12.0. The highest BCUT2D eigenvalue weighted by Gasteiger charge is 2.29. The standard InChI is InChI=1S/C9H7F3O2S/c10-9(11,12)15-8-3-1-2-7(6-8)14-5-4-13/h1-4,6H,5H2. The lowest BCUT2D eigenvalue weighted by atomic mass is 10.3. The van der Waals surface area contributed by atoms with Gasteiger partial charge in [-0.1, -0.05) is 6.07 Å². The van der Waals surface area contributed by atoms with Crippen LogP contribution in [-0.4, -0.2) is 18.4 Å². The molecule has 82 valence electrons. The molecule has 6 heteroatoms. The van der Waals surface area contributed by atoms with Gasteiger partial charge in [-0.3, -0.25) is 4.79 Å². The number of thioether (sulfide) groups is 1. The molecule has 1 aromatic carbocycles. The molecule has 0 unspecified atom stereocenters. The van der Waals surface area contributed by atoms with Gasteiger partial charge in [-0.15, -0.1) is 0 Å². The summed E-state index contributed by atoms with van der Waals surface area (Å²) in [6.45, 7) is -0.167. The molecule has 0 amide bonds. The molecule has 2 nitrogen and oxygen atoms in total. The van der Waals surface area contributed by atoms with Crippen molar-refractivity contribution in [2.45, 2.75) is 10.4 Å². The van der Waals surface area contributed by atoms with Crippen molar-refractivity contribution in [2.24, 2.45) is 0 Å². The molecule has 0 N–H and O–H groups in total. The number of halogens is 3. The highest BCUT2D eigenvalue weighted by molar-refractivity contribution is 8.00. The van der Waals surface area contributed by atoms with Gasteiger partial charge < -0.3 is 4.74 Å². The first kappa shape index (κ1) is 11.9. The van der Waals surface area contributed by atoms with Gasteiger partial charge in [0.15, 0.2) is 6.29 Å². The van der Waals surface area contributed by atoms with Crippen LogP contribution in [0, 0.1) is 0 Å². The number of aldehydes is 1. The van der Waals surface area contributed by atoms with E-state index in [9.17, 15) is 18.0 Å². The Morgan fingerprint density at radius 1 is 1.40 bits per heavy atom. The van der Waals surface area contributed by atoms with E-state index in [4.69, 9.17) is 4.74 Å². The van der Waals surface area contributed by atoms with Crippen LogP contribution >= 0.6 is 11.8 Å². The Balaban J connectivity index is 2.69. The minimum Gasteiger partial charge on any atom is -0.486 e. The first-order chi connectivity index (χ1) is 7.01. The summed E-state index contributed by atoms with van der Waals surface area (Å²) in [5.74, 6) is 0.247. The first-order valence-corrected chi connectivity index (χ1v) is 4.75. The lowest BCUT2D eigenvalue weighted by Gasteiger charge is -2.07. The normalized spacial score (nSPS) is 11.1. The largest absolute Gasteiger partial charge is 0.486 e. The fourth-order valence-electron chi connectivity index (χ4n) is 0.891. The molecule has 0 fully saturated rings. The van der Waals surface area contributed by atoms with Crippen molar-refractivity contribution in [1.82, 2.24) is 0 Å². The van der Waals surface area contributed by atoms with Gasteiger partial charge in [0, 0.05) is 4.90 Å². The Bertz CT molecular complexity index is 338. The Labute approximate surface area is 88.4 Å². The Morgan fingerprint density at radius 2 is 2.13 bits per heavy atom. The summed E-state index contributed by atoms with van der Waals surface area (Å²) in [5.41, 5.74) is -4.32. The van der Waals surface area contributed by atoms with Gasteiger partial charge in [0.1, 0.15) is 12.4 Å². The third-order valence-corrected chi connectivity index (χ3v) is 2.08. The molecule has 1 aromatic rings. The predicted molar refractivity (Wildman–Crippen MR) is 49.9 cm³/mol. The van der Waals surface area contributed by atoms with Gasteiger partial charge >= 0.3 is 5.51 Å². The number of alkyl halides is 3. The van der Waals surface area contributed by atoms with Crippen molar-refractivity contribution in [2.75, 3.05) is 6.61 Å². The second-order valence-electron chi connectivity index (χ2n) is 2.50. The molecule has 0 aliphatic carbocycles. The Hall–Kier alpha value is -1.17. The molecule has 0 radical (unpaired) electrons. The molecule has 0 aliphatic heterocycles. The zero-order chi connectivity index (χ0) is 11.3. The van der Waals surface area contributed by atoms with Crippen LogP contribution in [0.15, 0.2) is 29.2 Å². The Morgan fingerprint density at radius 3 is 2.73 bits per heavy atom. The van der Waals surface area contributed by atoms with E-state index < -0.39 is 5.51 Å². The van der Waals surface area contributed by atoms with Crippen molar-refractivity contribution in [1.29, 1.82) is 0 Å². The molecule has 0 aliphatic rings. The van der Waals surface area contributed by atoms with Gasteiger partial charge in [0.05, 0.1) is 0 Å². The van der Waals surface area contributed by atoms with Gasteiger partial charge in [0.2, 0.25) is 0 Å². The molecular formula is C9H7F3O2S. The number of ether oxygens (including phenoxy) is 1. The van der Waals surface area contributed by atoms with Crippen LogP contribution in [0.4, 0.5) is 13.2 Å². The monoisotopic (exact) mass is 236 g/mol. The minimum absolute atomic E-state index is 0.0332. The number of carbonyl (C=O) groups is 1.